The molecule has 1 saturated heterocycles. The Morgan fingerprint density at radius 2 is 1.97 bits per heavy atom. The van der Waals surface area contributed by atoms with Crippen LogP contribution < -0.4 is 5.32 Å². The van der Waals surface area contributed by atoms with Gasteiger partial charge in [-0.3, -0.25) is 4.79 Å². The second-order valence-corrected chi connectivity index (χ2v) is 10.2. The number of nitrogens with one attached hydrogen (secondary N) is 1. The van der Waals surface area contributed by atoms with Gasteiger partial charge in [-0.15, -0.1) is 0 Å². The lowest BCUT2D eigenvalue weighted by atomic mass is 9.76. The minimum atomic E-state index is -1.75. The smallest absolute Gasteiger partial charge is 0.447 e. The fourth-order valence-electron chi connectivity index (χ4n) is 4.06. The number of hydrogen-bond acceptors (Lipinski definition) is 6. The van der Waals surface area contributed by atoms with Crippen molar-refractivity contribution in [1.82, 2.24) is 10.2 Å². The lowest BCUT2D eigenvalue weighted by Gasteiger charge is -2.28. The van der Waals surface area contributed by atoms with Gasteiger partial charge >= 0.3 is 13.2 Å². The molecule has 1 heterocycles. The summed E-state index contributed by atoms with van der Waals surface area (Å²) in [6, 6.07) is 11.0. The van der Waals surface area contributed by atoms with Gasteiger partial charge in [0.2, 0.25) is 5.91 Å². The number of rotatable bonds is 9. The second kappa shape index (κ2) is 12.1. The molecule has 2 rings (SSSR count). The summed E-state index contributed by atoms with van der Waals surface area (Å²) in [7, 11) is -1.75. The molecule has 1 aromatic rings. The van der Waals surface area contributed by atoms with E-state index in [9.17, 15) is 24.9 Å². The molecule has 4 atom stereocenters. The number of amides is 2. The lowest BCUT2D eigenvalue weighted by Crippen LogP contribution is -2.49. The molecule has 0 bridgehead atoms. The van der Waals surface area contributed by atoms with E-state index in [2.05, 4.69) is 32.2 Å². The molecule has 0 spiro atoms. The third-order valence-electron chi connectivity index (χ3n) is 5.91. The summed E-state index contributed by atoms with van der Waals surface area (Å²) in [4.78, 5) is 27.1. The number of nitrogens with zero attached hydrogens (tertiary/aromatic N) is 2. The average Bonchev–Trinajstić information content (AvgIpc) is 3.12. The van der Waals surface area contributed by atoms with Crippen LogP contribution in [-0.2, 0) is 16.0 Å². The van der Waals surface area contributed by atoms with Gasteiger partial charge < -0.3 is 25.0 Å². The van der Waals surface area contributed by atoms with Crippen LogP contribution in [0.5, 0.6) is 0 Å². The van der Waals surface area contributed by atoms with Crippen molar-refractivity contribution >= 4 is 19.1 Å². The first-order chi connectivity index (χ1) is 15.5. The van der Waals surface area contributed by atoms with Crippen molar-refractivity contribution in [1.29, 1.82) is 5.26 Å². The SMILES string of the molecule is C[C@H]1C[C@@H](COC(=O)N[C@@H](Cc2ccccc2)B(O)O)N(C(=O)C(C#N)CCC(C)(C)C)C1. The van der Waals surface area contributed by atoms with Crippen molar-refractivity contribution in [3.63, 3.8) is 0 Å². The number of likely N-dealkylation sites (tertiary alicyclic amines) is 1. The maximum Gasteiger partial charge on any atom is 0.475 e. The summed E-state index contributed by atoms with van der Waals surface area (Å²) in [5.74, 6) is -1.63. The van der Waals surface area contributed by atoms with Gasteiger partial charge in [-0.05, 0) is 42.6 Å². The zero-order chi connectivity index (χ0) is 24.6. The summed E-state index contributed by atoms with van der Waals surface area (Å²) >= 11 is 0. The van der Waals surface area contributed by atoms with Gasteiger partial charge in [0.05, 0.1) is 18.1 Å². The van der Waals surface area contributed by atoms with E-state index in [1.807, 2.05) is 37.3 Å². The number of hydrogen-bond donors (Lipinski definition) is 3. The molecule has 1 unspecified atom stereocenters. The maximum absolute atomic E-state index is 13.0. The van der Waals surface area contributed by atoms with Crippen LogP contribution in [0, 0.1) is 28.6 Å². The fraction of sp³-hybridized carbons (Fsp3) is 0.625. The van der Waals surface area contributed by atoms with Crippen LogP contribution in [0.3, 0.4) is 0 Å². The van der Waals surface area contributed by atoms with E-state index in [1.165, 1.54) is 0 Å². The highest BCUT2D eigenvalue weighted by Crippen LogP contribution is 2.28. The van der Waals surface area contributed by atoms with Crippen molar-refractivity contribution in [2.24, 2.45) is 17.3 Å². The Balaban J connectivity index is 1.93. The van der Waals surface area contributed by atoms with Gasteiger partial charge in [0.1, 0.15) is 12.5 Å². The maximum atomic E-state index is 13.0. The number of carbonyl (C=O) groups excluding carboxylic acids is 2. The molecule has 0 aromatic heterocycles. The zero-order valence-electron chi connectivity index (χ0n) is 20.0. The van der Waals surface area contributed by atoms with Crippen molar-refractivity contribution in [3.05, 3.63) is 35.9 Å². The molecule has 180 valence electrons. The molecule has 1 aliphatic heterocycles. The summed E-state index contributed by atoms with van der Waals surface area (Å²) in [6.45, 7) is 8.76. The van der Waals surface area contributed by atoms with Crippen LogP contribution in [0.15, 0.2) is 30.3 Å². The summed E-state index contributed by atoms with van der Waals surface area (Å²) in [6.07, 6.45) is 1.38. The molecule has 8 nitrogen and oxygen atoms in total. The highest BCUT2D eigenvalue weighted by molar-refractivity contribution is 6.43. The Hall–Kier alpha value is -2.57. The molecule has 1 aromatic carbocycles. The number of nitriles is 1. The molecule has 9 heteroatoms. The van der Waals surface area contributed by atoms with Gasteiger partial charge in [0, 0.05) is 6.54 Å². The normalized spacial score (nSPS) is 20.0. The molecule has 0 aliphatic carbocycles. The minimum absolute atomic E-state index is 0.0150. The molecular formula is C24H36BN3O5. The standard InChI is InChI=1S/C24H36BN3O5/c1-17-12-20(28(15-17)22(29)19(14-26)10-11-24(2,3)4)16-33-23(30)27-21(25(31)32)13-18-8-6-5-7-9-18/h5-9,17,19-21,31-32H,10-13,15-16H2,1-4H3,(H,27,30)/t17-,19?,20-,21-/m0/s1. The molecule has 33 heavy (non-hydrogen) atoms. The minimum Gasteiger partial charge on any atom is -0.447 e. The third-order valence-corrected chi connectivity index (χ3v) is 5.91. The van der Waals surface area contributed by atoms with Crippen molar-refractivity contribution in [3.8, 4) is 6.07 Å². The quantitative estimate of drug-likeness (QED) is 0.490. The van der Waals surface area contributed by atoms with Crippen molar-refractivity contribution in [2.75, 3.05) is 13.2 Å². The van der Waals surface area contributed by atoms with Crippen LogP contribution in [0.4, 0.5) is 4.79 Å². The third kappa shape index (κ3) is 8.71. The van der Waals surface area contributed by atoms with Gasteiger partial charge in [0.25, 0.3) is 0 Å². The summed E-state index contributed by atoms with van der Waals surface area (Å²) in [5.41, 5.74) is 0.872. The Morgan fingerprint density at radius 1 is 1.30 bits per heavy atom. The van der Waals surface area contributed by atoms with Gasteiger partial charge in [-0.25, -0.2) is 4.79 Å². The first-order valence-electron chi connectivity index (χ1n) is 11.5. The Morgan fingerprint density at radius 3 is 2.55 bits per heavy atom. The summed E-state index contributed by atoms with van der Waals surface area (Å²) < 4.78 is 5.35. The van der Waals surface area contributed by atoms with Gasteiger partial charge in [0.15, 0.2) is 0 Å². The molecule has 3 N–H and O–H groups in total. The van der Waals surface area contributed by atoms with Crippen LogP contribution in [-0.4, -0.2) is 59.2 Å². The molecular weight excluding hydrogens is 421 g/mol. The fourth-order valence-corrected chi connectivity index (χ4v) is 4.06. The van der Waals surface area contributed by atoms with E-state index >= 15 is 0 Å². The number of alkyl carbamates (subject to hydrolysis) is 1. The van der Waals surface area contributed by atoms with E-state index in [-0.39, 0.29) is 36.3 Å². The predicted molar refractivity (Wildman–Crippen MR) is 126 cm³/mol. The Kier molecular flexibility index (Phi) is 9.75. The molecule has 2 amide bonds. The molecule has 0 saturated carbocycles. The second-order valence-electron chi connectivity index (χ2n) is 10.2. The topological polar surface area (TPSA) is 123 Å². The number of ether oxygens (including phenoxy) is 1. The number of carbonyl (C=O) groups is 2. The Labute approximate surface area is 197 Å². The highest BCUT2D eigenvalue weighted by atomic mass is 16.5. The van der Waals surface area contributed by atoms with Crippen molar-refractivity contribution in [2.45, 2.75) is 65.4 Å². The zero-order valence-corrected chi connectivity index (χ0v) is 20.0. The van der Waals surface area contributed by atoms with Crippen molar-refractivity contribution < 1.29 is 24.4 Å². The monoisotopic (exact) mass is 457 g/mol. The van der Waals surface area contributed by atoms with Gasteiger partial charge in [-0.2, -0.15) is 5.26 Å². The molecule has 1 fully saturated rings. The van der Waals surface area contributed by atoms with E-state index in [0.717, 1.165) is 12.0 Å². The van der Waals surface area contributed by atoms with E-state index in [0.29, 0.717) is 19.4 Å². The average molecular weight is 457 g/mol. The molecule has 0 radical (unpaired) electrons. The first-order valence-corrected chi connectivity index (χ1v) is 11.5. The van der Waals surface area contributed by atoms with Crippen LogP contribution in [0.1, 0.15) is 52.5 Å². The van der Waals surface area contributed by atoms with Crippen LogP contribution in [0.2, 0.25) is 0 Å². The van der Waals surface area contributed by atoms with E-state index in [4.69, 9.17) is 4.74 Å². The van der Waals surface area contributed by atoms with Crippen LogP contribution in [0.25, 0.3) is 0 Å². The first kappa shape index (κ1) is 26.7. The van der Waals surface area contributed by atoms with Gasteiger partial charge in [-0.1, -0.05) is 58.0 Å². The lowest BCUT2D eigenvalue weighted by molar-refractivity contribution is -0.135. The Bertz CT molecular complexity index is 822. The summed E-state index contributed by atoms with van der Waals surface area (Å²) in [5, 5.41) is 31.4. The predicted octanol–water partition coefficient (Wildman–Crippen LogP) is 2.54. The van der Waals surface area contributed by atoms with E-state index < -0.39 is 25.1 Å². The largest absolute Gasteiger partial charge is 0.475 e. The molecule has 1 aliphatic rings. The van der Waals surface area contributed by atoms with E-state index in [1.54, 1.807) is 4.90 Å². The van der Waals surface area contributed by atoms with Crippen LogP contribution >= 0.6 is 0 Å². The number of benzene rings is 1. The highest BCUT2D eigenvalue weighted by Gasteiger charge is 2.37.